The van der Waals surface area contributed by atoms with Gasteiger partial charge in [0, 0.05) is 23.4 Å². The van der Waals surface area contributed by atoms with Crippen LogP contribution in [-0.4, -0.2) is 35.8 Å². The number of aromatic nitrogens is 3. The van der Waals surface area contributed by atoms with Crippen molar-refractivity contribution < 1.29 is 17.9 Å². The summed E-state index contributed by atoms with van der Waals surface area (Å²) in [4.78, 5) is 26.5. The first kappa shape index (κ1) is 27.3. The van der Waals surface area contributed by atoms with Gasteiger partial charge in [0.2, 0.25) is 11.8 Å². The maximum atomic E-state index is 13.3. The normalized spacial score (nSPS) is 16.8. The summed E-state index contributed by atoms with van der Waals surface area (Å²) >= 11 is 0. The number of nitrogens with one attached hydrogen (secondary N) is 2. The molecule has 1 aliphatic heterocycles. The molecular weight excluding hydrogens is 526 g/mol. The van der Waals surface area contributed by atoms with E-state index in [4.69, 9.17) is 4.74 Å². The highest BCUT2D eigenvalue weighted by Gasteiger charge is 2.25. The van der Waals surface area contributed by atoms with Crippen LogP contribution in [0.4, 0.5) is 5.95 Å². The zero-order chi connectivity index (χ0) is 28.7. The van der Waals surface area contributed by atoms with Crippen molar-refractivity contribution in [2.75, 3.05) is 11.3 Å². The average Bonchev–Trinajstić information content (AvgIpc) is 2.90. The minimum Gasteiger partial charge on any atom is -0.466 e. The Hall–Kier alpha value is -4.31. The molecule has 9 nitrogen and oxygen atoms in total. The van der Waals surface area contributed by atoms with Gasteiger partial charge in [-0.15, -0.1) is 0 Å². The molecule has 0 fully saturated rings. The first-order valence-electron chi connectivity index (χ1n) is 12.9. The fourth-order valence-corrected chi connectivity index (χ4v) is 5.53. The zero-order valence-electron chi connectivity index (χ0n) is 23.0. The molecule has 10 heteroatoms. The lowest BCUT2D eigenvalue weighted by molar-refractivity contribution is 0.0924. The maximum Gasteiger partial charge on any atom is 0.264 e. The van der Waals surface area contributed by atoms with Crippen molar-refractivity contribution in [1.29, 1.82) is 0 Å². The third kappa shape index (κ3) is 5.67. The molecule has 0 saturated carbocycles. The molecule has 1 amide bonds. The molecule has 5 rings (SSSR count). The van der Waals surface area contributed by atoms with E-state index in [1.165, 1.54) is 18.2 Å². The minimum atomic E-state index is -4.11. The highest BCUT2D eigenvalue weighted by atomic mass is 32.2. The quantitative estimate of drug-likeness (QED) is 0.351. The highest BCUT2D eigenvalue weighted by molar-refractivity contribution is 7.92. The number of carbonyl (C=O) groups is 1. The number of aryl methyl sites for hydroxylation is 2. The molecule has 40 heavy (non-hydrogen) atoms. The lowest BCUT2D eigenvalue weighted by Gasteiger charge is -2.22. The predicted molar refractivity (Wildman–Crippen MR) is 153 cm³/mol. The number of amides is 1. The van der Waals surface area contributed by atoms with Crippen LogP contribution in [0.3, 0.4) is 0 Å². The number of carbonyl (C=O) groups excluding carboxylic acids is 1. The monoisotopic (exact) mass is 557 g/mol. The number of hydrogen-bond acceptors (Lipinski definition) is 7. The van der Waals surface area contributed by atoms with Crippen LogP contribution in [0.25, 0.3) is 11.3 Å². The van der Waals surface area contributed by atoms with Crippen LogP contribution in [0.15, 0.2) is 71.8 Å². The van der Waals surface area contributed by atoms with E-state index in [-0.39, 0.29) is 34.2 Å². The van der Waals surface area contributed by atoms with Crippen LogP contribution in [-0.2, 0) is 15.4 Å². The molecule has 3 heterocycles. The molecule has 0 spiro atoms. The lowest BCUT2D eigenvalue weighted by atomic mass is 9.88. The second kappa shape index (κ2) is 10.3. The molecule has 2 aromatic carbocycles. The Balaban J connectivity index is 1.66. The van der Waals surface area contributed by atoms with Crippen molar-refractivity contribution in [2.45, 2.75) is 51.0 Å². The van der Waals surface area contributed by atoms with Gasteiger partial charge in [-0.2, -0.15) is 4.98 Å². The summed E-state index contributed by atoms with van der Waals surface area (Å²) in [6.45, 7) is 10.3. The van der Waals surface area contributed by atoms with E-state index in [0.717, 1.165) is 22.3 Å². The molecule has 1 unspecified atom stereocenters. The summed E-state index contributed by atoms with van der Waals surface area (Å²) in [5.41, 5.74) is 5.03. The topological polar surface area (TPSA) is 123 Å². The summed E-state index contributed by atoms with van der Waals surface area (Å²) in [5.74, 6) is -0.448. The number of benzene rings is 2. The third-order valence-electron chi connectivity index (χ3n) is 6.77. The fraction of sp³-hybridized carbons (Fsp3) is 0.267. The number of nitrogens with zero attached hydrogens (tertiary/aromatic N) is 3. The van der Waals surface area contributed by atoms with Crippen LogP contribution < -0.4 is 14.8 Å². The van der Waals surface area contributed by atoms with Crippen molar-refractivity contribution in [1.82, 2.24) is 20.3 Å². The number of ether oxygens (including phenoxy) is 1. The summed E-state index contributed by atoms with van der Waals surface area (Å²) in [5, 5.41) is 2.86. The summed E-state index contributed by atoms with van der Waals surface area (Å²) in [6, 6.07) is 17.2. The van der Waals surface area contributed by atoms with E-state index in [2.05, 4.69) is 45.8 Å². The molecule has 0 radical (unpaired) electrons. The van der Waals surface area contributed by atoms with E-state index >= 15 is 0 Å². The number of hydrogen-bond donors (Lipinski definition) is 2. The van der Waals surface area contributed by atoms with Gasteiger partial charge in [0.05, 0.1) is 22.8 Å². The van der Waals surface area contributed by atoms with Gasteiger partial charge in [0.15, 0.2) is 6.10 Å². The van der Waals surface area contributed by atoms with E-state index < -0.39 is 22.0 Å². The predicted octanol–water partition coefficient (Wildman–Crippen LogP) is 5.12. The van der Waals surface area contributed by atoms with Gasteiger partial charge in [0.1, 0.15) is 0 Å². The SMILES string of the molecule is Cc1cccc(C)c1-c1cc2nc(n1)NS(=O)(=O)c1cccc(c1)C(=O)NCC(c1ccc(C(C)(C)C)cn1)O2. The van der Waals surface area contributed by atoms with Crippen LogP contribution in [0.5, 0.6) is 5.88 Å². The van der Waals surface area contributed by atoms with Crippen molar-refractivity contribution >= 4 is 21.9 Å². The van der Waals surface area contributed by atoms with Gasteiger partial charge in [-0.3, -0.25) is 9.78 Å². The molecule has 0 saturated heterocycles. The number of rotatable bonds is 2. The second-order valence-corrected chi connectivity index (χ2v) is 12.5. The van der Waals surface area contributed by atoms with Crippen molar-refractivity contribution in [2.24, 2.45) is 0 Å². The van der Waals surface area contributed by atoms with Crippen LogP contribution in [0.2, 0.25) is 0 Å². The molecule has 0 aliphatic carbocycles. The minimum absolute atomic E-state index is 0.0726. The first-order valence-corrected chi connectivity index (χ1v) is 14.4. The second-order valence-electron chi connectivity index (χ2n) is 10.9. The first-order chi connectivity index (χ1) is 18.9. The maximum absolute atomic E-state index is 13.3. The summed E-state index contributed by atoms with van der Waals surface area (Å²) in [7, 11) is -4.11. The van der Waals surface area contributed by atoms with Crippen molar-refractivity contribution in [3.8, 4) is 17.1 Å². The van der Waals surface area contributed by atoms with Crippen molar-refractivity contribution in [3.05, 3.63) is 94.8 Å². The van der Waals surface area contributed by atoms with E-state index in [0.29, 0.717) is 11.4 Å². The van der Waals surface area contributed by atoms with Gasteiger partial charge in [-0.1, -0.05) is 51.1 Å². The standard InChI is InChI=1S/C30H31N5O4S/c1-18-8-6-9-19(2)27(18)24-15-26-34-29(33-24)35-40(37,38)22-11-7-10-20(14-22)28(36)32-17-25(39-26)23-13-12-21(16-31-23)30(3,4)5/h6-16,25H,17H2,1-5H3,(H,32,36)(H,33,34,35). The Labute approximate surface area is 234 Å². The van der Waals surface area contributed by atoms with E-state index in [1.54, 1.807) is 18.3 Å². The summed E-state index contributed by atoms with van der Waals surface area (Å²) < 4.78 is 35.4. The number of anilines is 1. The Bertz CT molecular complexity index is 1680. The smallest absolute Gasteiger partial charge is 0.264 e. The van der Waals surface area contributed by atoms with Crippen LogP contribution in [0, 0.1) is 13.8 Å². The van der Waals surface area contributed by atoms with Gasteiger partial charge < -0.3 is 10.1 Å². The molecule has 1 atom stereocenters. The Morgan fingerprint density at radius 3 is 2.35 bits per heavy atom. The lowest BCUT2D eigenvalue weighted by Crippen LogP contribution is -2.31. The Morgan fingerprint density at radius 1 is 0.950 bits per heavy atom. The molecule has 206 valence electrons. The van der Waals surface area contributed by atoms with Gasteiger partial charge in [-0.05, 0) is 60.2 Å². The van der Waals surface area contributed by atoms with E-state index in [1.807, 2.05) is 44.2 Å². The Morgan fingerprint density at radius 2 is 1.68 bits per heavy atom. The molecule has 2 N–H and O–H groups in total. The number of pyridine rings is 1. The molecular formula is C30H31N5O4S. The summed E-state index contributed by atoms with van der Waals surface area (Å²) in [6.07, 6.45) is 1.08. The third-order valence-corrected chi connectivity index (χ3v) is 8.09. The Kier molecular flexibility index (Phi) is 7.05. The average molecular weight is 558 g/mol. The molecule has 4 bridgehead atoms. The number of fused-ring (bicyclic) bond motifs is 4. The van der Waals surface area contributed by atoms with Crippen molar-refractivity contribution in [3.63, 3.8) is 0 Å². The molecule has 4 aromatic rings. The fourth-order valence-electron chi connectivity index (χ4n) is 4.54. The van der Waals surface area contributed by atoms with Gasteiger partial charge in [-0.25, -0.2) is 18.1 Å². The van der Waals surface area contributed by atoms with Gasteiger partial charge >= 0.3 is 0 Å². The highest BCUT2D eigenvalue weighted by Crippen LogP contribution is 2.31. The molecule has 1 aliphatic rings. The largest absolute Gasteiger partial charge is 0.466 e. The van der Waals surface area contributed by atoms with Crippen LogP contribution >= 0.6 is 0 Å². The van der Waals surface area contributed by atoms with Gasteiger partial charge in [0.25, 0.3) is 15.9 Å². The van der Waals surface area contributed by atoms with Crippen LogP contribution in [0.1, 0.15) is 59.6 Å². The van der Waals surface area contributed by atoms with E-state index in [9.17, 15) is 13.2 Å². The molecule has 2 aromatic heterocycles. The zero-order valence-corrected chi connectivity index (χ0v) is 23.8. The number of sulfonamides is 1.